The maximum absolute atomic E-state index is 12.5. The van der Waals surface area contributed by atoms with Crippen LogP contribution in [-0.4, -0.2) is 36.1 Å². The minimum Gasteiger partial charge on any atom is -0.466 e. The smallest absolute Gasteiger partial charge is 0.338 e. The van der Waals surface area contributed by atoms with Gasteiger partial charge >= 0.3 is 18.0 Å². The van der Waals surface area contributed by atoms with Crippen molar-refractivity contribution in [2.75, 3.05) is 13.2 Å². The summed E-state index contributed by atoms with van der Waals surface area (Å²) in [5.74, 6) is -1.33. The number of nitro benzene ring substituents is 1. The molecule has 1 unspecified atom stereocenters. The molecule has 0 saturated heterocycles. The van der Waals surface area contributed by atoms with Gasteiger partial charge in [0.05, 0.1) is 36.2 Å². The second-order valence-corrected chi connectivity index (χ2v) is 5.47. The highest BCUT2D eigenvalue weighted by Crippen LogP contribution is 2.30. The summed E-state index contributed by atoms with van der Waals surface area (Å²) in [5, 5.41) is 15.8. The molecular weight excluding hydrogens is 358 g/mol. The van der Waals surface area contributed by atoms with Gasteiger partial charge in [-0.1, -0.05) is 0 Å². The fraction of sp³-hybridized carbons (Fsp3) is 0.353. The summed E-state index contributed by atoms with van der Waals surface area (Å²) in [4.78, 5) is 46.6. The number of rotatable bonds is 7. The monoisotopic (exact) mass is 377 g/mol. The highest BCUT2D eigenvalue weighted by molar-refractivity contribution is 5.96. The lowest BCUT2D eigenvalue weighted by Gasteiger charge is -2.29. The highest BCUT2D eigenvalue weighted by Gasteiger charge is 2.34. The zero-order valence-electron chi connectivity index (χ0n) is 14.8. The number of ether oxygens (including phenoxy) is 2. The zero-order chi connectivity index (χ0) is 20.0. The Balaban J connectivity index is 2.47. The number of nitro groups is 1. The first-order valence-corrected chi connectivity index (χ1v) is 8.25. The first-order valence-electron chi connectivity index (χ1n) is 8.25. The van der Waals surface area contributed by atoms with Crippen LogP contribution in [0.5, 0.6) is 0 Å². The van der Waals surface area contributed by atoms with Crippen LogP contribution in [0.2, 0.25) is 0 Å². The average Bonchev–Trinajstić information content (AvgIpc) is 2.61. The maximum Gasteiger partial charge on any atom is 0.338 e. The van der Waals surface area contributed by atoms with E-state index in [4.69, 9.17) is 9.47 Å². The van der Waals surface area contributed by atoms with Crippen molar-refractivity contribution in [2.24, 2.45) is 0 Å². The molecule has 0 radical (unpaired) electrons. The lowest BCUT2D eigenvalue weighted by molar-refractivity contribution is -0.384. The zero-order valence-corrected chi connectivity index (χ0v) is 14.8. The molecule has 1 aliphatic rings. The van der Waals surface area contributed by atoms with E-state index in [1.54, 1.807) is 13.8 Å². The summed E-state index contributed by atoms with van der Waals surface area (Å²) >= 11 is 0. The van der Waals surface area contributed by atoms with Crippen molar-refractivity contribution in [3.05, 3.63) is 51.2 Å². The second kappa shape index (κ2) is 8.79. The Morgan fingerprint density at radius 2 is 1.78 bits per heavy atom. The number of urea groups is 1. The van der Waals surface area contributed by atoms with Gasteiger partial charge in [0.15, 0.2) is 0 Å². The molecule has 0 aromatic heterocycles. The van der Waals surface area contributed by atoms with Gasteiger partial charge in [0, 0.05) is 17.8 Å². The second-order valence-electron chi connectivity index (χ2n) is 5.47. The molecule has 10 nitrogen and oxygen atoms in total. The van der Waals surface area contributed by atoms with E-state index in [0.29, 0.717) is 5.56 Å². The summed E-state index contributed by atoms with van der Waals surface area (Å²) in [7, 11) is 0. The molecule has 27 heavy (non-hydrogen) atoms. The number of esters is 2. The van der Waals surface area contributed by atoms with Gasteiger partial charge in [0.25, 0.3) is 5.69 Å². The summed E-state index contributed by atoms with van der Waals surface area (Å²) in [5.41, 5.74) is 0.407. The maximum atomic E-state index is 12.5. The van der Waals surface area contributed by atoms with Crippen molar-refractivity contribution in [1.82, 2.24) is 10.6 Å². The molecule has 2 amide bonds. The number of carbonyl (C=O) groups excluding carboxylic acids is 3. The number of hydrogen-bond donors (Lipinski definition) is 2. The molecule has 0 fully saturated rings. The number of amides is 2. The predicted molar refractivity (Wildman–Crippen MR) is 92.4 cm³/mol. The Morgan fingerprint density at radius 1 is 1.15 bits per heavy atom. The van der Waals surface area contributed by atoms with Crippen LogP contribution in [0.3, 0.4) is 0 Å². The molecule has 1 aliphatic heterocycles. The molecule has 10 heteroatoms. The van der Waals surface area contributed by atoms with E-state index < -0.39 is 28.9 Å². The Labute approximate surface area is 154 Å². The van der Waals surface area contributed by atoms with Crippen molar-refractivity contribution in [3.8, 4) is 0 Å². The van der Waals surface area contributed by atoms with Gasteiger partial charge in [-0.3, -0.25) is 14.9 Å². The van der Waals surface area contributed by atoms with Gasteiger partial charge in [-0.25, -0.2) is 9.59 Å². The molecule has 1 aromatic rings. The molecule has 1 heterocycles. The van der Waals surface area contributed by atoms with Crippen LogP contribution in [0.4, 0.5) is 10.5 Å². The summed E-state index contributed by atoms with van der Waals surface area (Å²) in [6, 6.07) is 3.83. The first kappa shape index (κ1) is 19.9. The molecule has 144 valence electrons. The SMILES string of the molecule is CCOC(=O)CC1=C(C(=O)OCC)C(c2ccc([N+](=O)[O-])cc2)NC(=O)N1. The van der Waals surface area contributed by atoms with Gasteiger partial charge < -0.3 is 20.1 Å². The minimum absolute atomic E-state index is 0.0401. The number of nitrogens with zero attached hydrogens (tertiary/aromatic N) is 1. The largest absolute Gasteiger partial charge is 0.466 e. The van der Waals surface area contributed by atoms with Gasteiger partial charge in [-0.15, -0.1) is 0 Å². The molecule has 0 bridgehead atoms. The molecule has 0 aliphatic carbocycles. The summed E-state index contributed by atoms with van der Waals surface area (Å²) in [6.45, 7) is 3.51. The van der Waals surface area contributed by atoms with E-state index in [2.05, 4.69) is 10.6 Å². The van der Waals surface area contributed by atoms with Crippen LogP contribution in [0.25, 0.3) is 0 Å². The number of benzene rings is 1. The molecular formula is C17H19N3O7. The lowest BCUT2D eigenvalue weighted by Crippen LogP contribution is -2.46. The number of non-ortho nitro benzene ring substituents is 1. The highest BCUT2D eigenvalue weighted by atomic mass is 16.6. The minimum atomic E-state index is -0.928. The van der Waals surface area contributed by atoms with Gasteiger partial charge in [-0.2, -0.15) is 0 Å². The standard InChI is InChI=1S/C17H19N3O7/c1-3-26-13(21)9-12-14(16(22)27-4-2)15(19-17(23)18-12)10-5-7-11(8-6-10)20(24)25/h5-8,15H,3-4,9H2,1-2H3,(H2,18,19,23). The Morgan fingerprint density at radius 3 is 2.33 bits per heavy atom. The van der Waals surface area contributed by atoms with E-state index >= 15 is 0 Å². The van der Waals surface area contributed by atoms with E-state index in [-0.39, 0.29) is 36.6 Å². The summed E-state index contributed by atoms with van der Waals surface area (Å²) in [6.07, 6.45) is -0.321. The van der Waals surface area contributed by atoms with Crippen molar-refractivity contribution < 1.29 is 28.8 Å². The molecule has 1 aromatic carbocycles. The van der Waals surface area contributed by atoms with Crippen LogP contribution in [0, 0.1) is 10.1 Å². The fourth-order valence-electron chi connectivity index (χ4n) is 2.60. The Hall–Kier alpha value is -3.43. The van der Waals surface area contributed by atoms with Crippen LogP contribution < -0.4 is 10.6 Å². The molecule has 2 N–H and O–H groups in total. The Kier molecular flexibility index (Phi) is 6.47. The predicted octanol–water partition coefficient (Wildman–Crippen LogP) is 1.72. The van der Waals surface area contributed by atoms with Gasteiger partial charge in [0.1, 0.15) is 0 Å². The van der Waals surface area contributed by atoms with Crippen molar-refractivity contribution >= 4 is 23.7 Å². The van der Waals surface area contributed by atoms with Gasteiger partial charge in [-0.05, 0) is 31.5 Å². The molecule has 0 spiro atoms. The van der Waals surface area contributed by atoms with E-state index in [0.717, 1.165) is 0 Å². The number of hydrogen-bond acceptors (Lipinski definition) is 7. The van der Waals surface area contributed by atoms with E-state index in [1.807, 2.05) is 0 Å². The summed E-state index contributed by atoms with van der Waals surface area (Å²) < 4.78 is 9.93. The van der Waals surface area contributed by atoms with E-state index in [9.17, 15) is 24.5 Å². The van der Waals surface area contributed by atoms with Crippen LogP contribution in [0.1, 0.15) is 31.9 Å². The molecule has 2 rings (SSSR count). The van der Waals surface area contributed by atoms with Crippen LogP contribution in [-0.2, 0) is 19.1 Å². The van der Waals surface area contributed by atoms with Crippen molar-refractivity contribution in [1.29, 1.82) is 0 Å². The van der Waals surface area contributed by atoms with Crippen molar-refractivity contribution in [2.45, 2.75) is 26.3 Å². The average molecular weight is 377 g/mol. The van der Waals surface area contributed by atoms with E-state index in [1.165, 1.54) is 24.3 Å². The lowest BCUT2D eigenvalue weighted by atomic mass is 9.94. The normalized spacial score (nSPS) is 16.2. The first-order chi connectivity index (χ1) is 12.9. The third-order valence-corrected chi connectivity index (χ3v) is 3.71. The number of carbonyl (C=O) groups is 3. The third-order valence-electron chi connectivity index (χ3n) is 3.71. The quantitative estimate of drug-likeness (QED) is 0.419. The topological polar surface area (TPSA) is 137 Å². The molecule has 1 atom stereocenters. The Bertz CT molecular complexity index is 786. The number of nitrogens with one attached hydrogen (secondary N) is 2. The molecule has 0 saturated carbocycles. The van der Waals surface area contributed by atoms with Crippen LogP contribution >= 0.6 is 0 Å². The third kappa shape index (κ3) is 4.81. The van der Waals surface area contributed by atoms with Gasteiger partial charge in [0.2, 0.25) is 0 Å². The van der Waals surface area contributed by atoms with Crippen LogP contribution in [0.15, 0.2) is 35.5 Å². The van der Waals surface area contributed by atoms with Crippen molar-refractivity contribution in [3.63, 3.8) is 0 Å². The fourth-order valence-corrected chi connectivity index (χ4v) is 2.60.